The number of likely N-dealkylation sites (tertiary alicyclic amines) is 1. The number of carbonyl (C=O) groups excluding carboxylic acids is 1. The van der Waals surface area contributed by atoms with Gasteiger partial charge in [0, 0.05) is 12.6 Å². The van der Waals surface area contributed by atoms with E-state index in [0.717, 1.165) is 17.8 Å². The minimum absolute atomic E-state index is 0.0267. The van der Waals surface area contributed by atoms with E-state index in [-0.39, 0.29) is 24.1 Å². The number of rotatable bonds is 9. The maximum Gasteiger partial charge on any atom is 0.262 e. The second kappa shape index (κ2) is 11.3. The van der Waals surface area contributed by atoms with E-state index in [0.29, 0.717) is 33.4 Å². The third-order valence-corrected chi connectivity index (χ3v) is 7.03. The zero-order chi connectivity index (χ0) is 24.1. The van der Waals surface area contributed by atoms with Crippen LogP contribution in [0.2, 0.25) is 4.34 Å². The fourth-order valence-electron chi connectivity index (χ4n) is 4.23. The lowest BCUT2D eigenvalue weighted by Gasteiger charge is -2.26. The molecule has 2 aromatic heterocycles. The number of carbonyl (C=O) groups is 1. The van der Waals surface area contributed by atoms with E-state index >= 15 is 0 Å². The predicted molar refractivity (Wildman–Crippen MR) is 138 cm³/mol. The van der Waals surface area contributed by atoms with Crippen molar-refractivity contribution >= 4 is 39.7 Å². The summed E-state index contributed by atoms with van der Waals surface area (Å²) in [5.74, 6) is 0.825. The van der Waals surface area contributed by atoms with Crippen LogP contribution in [0, 0.1) is 0 Å². The smallest absolute Gasteiger partial charge is 0.262 e. The molecule has 34 heavy (non-hydrogen) atoms. The molecule has 7 nitrogen and oxygen atoms in total. The summed E-state index contributed by atoms with van der Waals surface area (Å²) in [6.45, 7) is 7.60. The van der Waals surface area contributed by atoms with Crippen LogP contribution in [-0.2, 0) is 11.3 Å². The minimum atomic E-state index is -0.276. The second-order valence-corrected chi connectivity index (χ2v) is 10.7. The molecule has 0 unspecified atom stereocenters. The van der Waals surface area contributed by atoms with Crippen molar-refractivity contribution in [3.63, 3.8) is 0 Å². The van der Waals surface area contributed by atoms with Gasteiger partial charge in [-0.1, -0.05) is 18.0 Å². The van der Waals surface area contributed by atoms with Crippen LogP contribution in [0.3, 0.4) is 0 Å². The molecule has 4 rings (SSSR count). The highest BCUT2D eigenvalue weighted by molar-refractivity contribution is 7.19. The van der Waals surface area contributed by atoms with Gasteiger partial charge in [0.2, 0.25) is 5.91 Å². The van der Waals surface area contributed by atoms with Crippen molar-refractivity contribution in [2.24, 2.45) is 0 Å². The topological polar surface area (TPSA) is 76.5 Å². The number of ether oxygens (including phenoxy) is 1. The van der Waals surface area contributed by atoms with E-state index in [1.807, 2.05) is 26.0 Å². The van der Waals surface area contributed by atoms with Crippen molar-refractivity contribution in [2.75, 3.05) is 26.2 Å². The molecule has 0 atom stereocenters. The second-order valence-electron chi connectivity index (χ2n) is 8.94. The summed E-state index contributed by atoms with van der Waals surface area (Å²) in [7, 11) is 0. The number of amides is 1. The van der Waals surface area contributed by atoms with Crippen molar-refractivity contribution < 1.29 is 9.53 Å². The molecule has 1 aliphatic heterocycles. The fraction of sp³-hybridized carbons (Fsp3) is 0.480. The highest BCUT2D eigenvalue weighted by atomic mass is 35.5. The Bertz CT molecular complexity index is 1200. The highest BCUT2D eigenvalue weighted by Crippen LogP contribution is 2.30. The normalized spacial score (nSPS) is 14.6. The van der Waals surface area contributed by atoms with Crippen LogP contribution in [0.5, 0.6) is 5.75 Å². The molecule has 182 valence electrons. The summed E-state index contributed by atoms with van der Waals surface area (Å²) in [4.78, 5) is 34.0. The molecule has 1 saturated heterocycles. The molecule has 1 N–H and O–H groups in total. The molecule has 1 fully saturated rings. The quantitative estimate of drug-likeness (QED) is 0.434. The van der Waals surface area contributed by atoms with Gasteiger partial charge in [-0.3, -0.25) is 14.2 Å². The maximum absolute atomic E-state index is 13.5. The first-order valence-electron chi connectivity index (χ1n) is 11.9. The monoisotopic (exact) mass is 502 g/mol. The third-order valence-electron chi connectivity index (χ3n) is 5.81. The molecule has 0 aliphatic carbocycles. The highest BCUT2D eigenvalue weighted by Gasteiger charge is 2.18. The Hall–Kier alpha value is -2.42. The number of aromatic nitrogens is 2. The average Bonchev–Trinajstić information content (AvgIpc) is 3.25. The molecule has 9 heteroatoms. The van der Waals surface area contributed by atoms with E-state index < -0.39 is 0 Å². The summed E-state index contributed by atoms with van der Waals surface area (Å²) >= 11 is 7.45. The number of nitrogens with zero attached hydrogens (tertiary/aromatic N) is 3. The van der Waals surface area contributed by atoms with Gasteiger partial charge in [0.15, 0.2) is 5.82 Å². The van der Waals surface area contributed by atoms with Crippen molar-refractivity contribution in [2.45, 2.75) is 52.1 Å². The number of hydrogen-bond acceptors (Lipinski definition) is 6. The molecule has 0 radical (unpaired) electrons. The fourth-order valence-corrected chi connectivity index (χ4v) is 5.27. The van der Waals surface area contributed by atoms with E-state index in [9.17, 15) is 9.59 Å². The SMILES string of the molecule is CC(C)NC(=O)Cn1c(-c2ccc(Cl)s2)nc2ccc(OCCCN3CCCCC3)cc2c1=O. The van der Waals surface area contributed by atoms with Gasteiger partial charge >= 0.3 is 0 Å². The lowest BCUT2D eigenvalue weighted by Crippen LogP contribution is -2.36. The first kappa shape index (κ1) is 24.7. The van der Waals surface area contributed by atoms with Gasteiger partial charge in [-0.2, -0.15) is 0 Å². The minimum Gasteiger partial charge on any atom is -0.494 e. The predicted octanol–water partition coefficient (Wildman–Crippen LogP) is 4.56. The Kier molecular flexibility index (Phi) is 8.24. The Morgan fingerprint density at radius 2 is 2.00 bits per heavy atom. The molecule has 0 bridgehead atoms. The molecule has 1 aliphatic rings. The van der Waals surface area contributed by atoms with Crippen molar-refractivity contribution in [1.82, 2.24) is 19.8 Å². The number of fused-ring (bicyclic) bond motifs is 1. The van der Waals surface area contributed by atoms with Gasteiger partial charge in [0.05, 0.1) is 26.7 Å². The van der Waals surface area contributed by atoms with E-state index in [2.05, 4.69) is 10.2 Å². The van der Waals surface area contributed by atoms with Gasteiger partial charge < -0.3 is 15.0 Å². The van der Waals surface area contributed by atoms with Crippen molar-refractivity contribution in [3.8, 4) is 16.5 Å². The van der Waals surface area contributed by atoms with Crippen molar-refractivity contribution in [3.05, 3.63) is 45.0 Å². The molecule has 1 amide bonds. The first-order chi connectivity index (χ1) is 16.4. The lowest BCUT2D eigenvalue weighted by atomic mass is 10.1. The maximum atomic E-state index is 13.5. The number of piperidine rings is 1. The molecule has 3 aromatic rings. The van der Waals surface area contributed by atoms with Crippen LogP contribution in [0.25, 0.3) is 21.6 Å². The standard InChI is InChI=1S/C25H31ClN4O3S/c1-17(2)27-23(31)16-30-24(21-9-10-22(26)34-21)28-20-8-7-18(15-19(20)25(30)32)33-14-6-13-29-11-4-3-5-12-29/h7-10,15,17H,3-6,11-14,16H2,1-2H3,(H,27,31). The Morgan fingerprint density at radius 3 is 2.71 bits per heavy atom. The zero-order valence-corrected chi connectivity index (χ0v) is 21.3. The Labute approximate surface area is 208 Å². The zero-order valence-electron chi connectivity index (χ0n) is 19.7. The van der Waals surface area contributed by atoms with Crippen LogP contribution in [0.4, 0.5) is 0 Å². The molecule has 0 saturated carbocycles. The van der Waals surface area contributed by atoms with Crippen LogP contribution >= 0.6 is 22.9 Å². The summed E-state index contributed by atoms with van der Waals surface area (Å²) in [5.41, 5.74) is 0.285. The summed E-state index contributed by atoms with van der Waals surface area (Å²) < 4.78 is 7.97. The van der Waals surface area contributed by atoms with E-state index in [1.165, 1.54) is 48.3 Å². The summed E-state index contributed by atoms with van der Waals surface area (Å²) in [6, 6.07) is 8.92. The number of benzene rings is 1. The van der Waals surface area contributed by atoms with Gasteiger partial charge in [0.25, 0.3) is 5.56 Å². The van der Waals surface area contributed by atoms with E-state index in [1.54, 1.807) is 18.2 Å². The average molecular weight is 503 g/mol. The number of hydrogen-bond donors (Lipinski definition) is 1. The van der Waals surface area contributed by atoms with Gasteiger partial charge in [-0.15, -0.1) is 11.3 Å². The van der Waals surface area contributed by atoms with Crippen LogP contribution in [0.1, 0.15) is 39.5 Å². The van der Waals surface area contributed by atoms with Crippen LogP contribution in [0.15, 0.2) is 35.1 Å². The molecule has 3 heterocycles. The molecular weight excluding hydrogens is 472 g/mol. The van der Waals surface area contributed by atoms with E-state index in [4.69, 9.17) is 21.3 Å². The summed E-state index contributed by atoms with van der Waals surface area (Å²) in [6.07, 6.45) is 4.82. The largest absolute Gasteiger partial charge is 0.494 e. The van der Waals surface area contributed by atoms with Crippen molar-refractivity contribution in [1.29, 1.82) is 0 Å². The Morgan fingerprint density at radius 1 is 1.21 bits per heavy atom. The van der Waals surface area contributed by atoms with Gasteiger partial charge in [-0.25, -0.2) is 4.98 Å². The Balaban J connectivity index is 1.57. The number of halogens is 1. The summed E-state index contributed by atoms with van der Waals surface area (Å²) in [5, 5.41) is 3.27. The number of thiophene rings is 1. The van der Waals surface area contributed by atoms with Gasteiger partial charge in [-0.05, 0) is 76.5 Å². The third kappa shape index (κ3) is 6.17. The molecule has 1 aromatic carbocycles. The molecular formula is C25H31ClN4O3S. The first-order valence-corrected chi connectivity index (χ1v) is 13.0. The molecule has 0 spiro atoms. The van der Waals surface area contributed by atoms with Crippen LogP contribution < -0.4 is 15.6 Å². The lowest BCUT2D eigenvalue weighted by molar-refractivity contribution is -0.122. The van der Waals surface area contributed by atoms with Gasteiger partial charge in [0.1, 0.15) is 12.3 Å². The van der Waals surface area contributed by atoms with Crippen LogP contribution in [-0.4, -0.2) is 52.6 Å². The number of nitrogens with one attached hydrogen (secondary N) is 1.